The van der Waals surface area contributed by atoms with Gasteiger partial charge in [-0.2, -0.15) is 5.10 Å². The quantitative estimate of drug-likeness (QED) is 0.865. The molecule has 0 bridgehead atoms. The molecule has 24 heavy (non-hydrogen) atoms. The molecule has 1 unspecified atom stereocenters. The van der Waals surface area contributed by atoms with Gasteiger partial charge in [-0.15, -0.1) is 0 Å². The Morgan fingerprint density at radius 3 is 2.92 bits per heavy atom. The number of carbonyl (C=O) groups excluding carboxylic acids is 1. The molecule has 5 nitrogen and oxygen atoms in total. The van der Waals surface area contributed by atoms with E-state index in [1.54, 1.807) is 10.9 Å². The lowest BCUT2D eigenvalue weighted by molar-refractivity contribution is 0.0600. The van der Waals surface area contributed by atoms with Crippen molar-refractivity contribution in [1.82, 2.24) is 19.7 Å². The van der Waals surface area contributed by atoms with E-state index in [9.17, 15) is 4.79 Å². The van der Waals surface area contributed by atoms with Crippen LogP contribution in [0.2, 0.25) is 0 Å². The summed E-state index contributed by atoms with van der Waals surface area (Å²) in [6.45, 7) is 5.13. The number of carbonyl (C=O) groups is 1. The van der Waals surface area contributed by atoms with Crippen LogP contribution in [0, 0.1) is 5.92 Å². The van der Waals surface area contributed by atoms with E-state index in [-0.39, 0.29) is 11.9 Å². The summed E-state index contributed by atoms with van der Waals surface area (Å²) in [5.41, 5.74) is 2.79. The number of rotatable bonds is 4. The van der Waals surface area contributed by atoms with Crippen LogP contribution in [0.1, 0.15) is 60.9 Å². The standard InChI is InChI=1S/C19H26N4O/c1-14(2)11-16-12-18(22(3)21-16)19(24)23-10-5-4-8-17(23)15-7-6-9-20-13-15/h6-7,9,12-14,17H,4-5,8,10-11H2,1-3H3. The maximum absolute atomic E-state index is 13.1. The molecule has 0 N–H and O–H groups in total. The van der Waals surface area contributed by atoms with Crippen LogP contribution in [0.4, 0.5) is 0 Å². The third kappa shape index (κ3) is 3.50. The summed E-state index contributed by atoms with van der Waals surface area (Å²) >= 11 is 0. The van der Waals surface area contributed by atoms with Crippen LogP contribution in [0.3, 0.4) is 0 Å². The van der Waals surface area contributed by atoms with Crippen molar-refractivity contribution in [1.29, 1.82) is 0 Å². The monoisotopic (exact) mass is 326 g/mol. The smallest absolute Gasteiger partial charge is 0.272 e. The van der Waals surface area contributed by atoms with Gasteiger partial charge in [0.15, 0.2) is 0 Å². The van der Waals surface area contributed by atoms with Crippen LogP contribution < -0.4 is 0 Å². The molecule has 3 rings (SSSR count). The van der Waals surface area contributed by atoms with Crippen LogP contribution in [-0.2, 0) is 13.5 Å². The van der Waals surface area contributed by atoms with Crippen molar-refractivity contribution in [2.24, 2.45) is 13.0 Å². The van der Waals surface area contributed by atoms with Gasteiger partial charge in [-0.3, -0.25) is 14.5 Å². The Hall–Kier alpha value is -2.17. The van der Waals surface area contributed by atoms with Gasteiger partial charge in [-0.1, -0.05) is 19.9 Å². The Kier molecular flexibility index (Phi) is 4.97. The molecule has 0 radical (unpaired) electrons. The van der Waals surface area contributed by atoms with Crippen LogP contribution in [-0.4, -0.2) is 32.1 Å². The van der Waals surface area contributed by atoms with E-state index in [2.05, 4.69) is 30.0 Å². The fourth-order valence-corrected chi connectivity index (χ4v) is 3.49. The molecule has 2 aromatic rings. The van der Waals surface area contributed by atoms with Crippen molar-refractivity contribution in [2.45, 2.75) is 45.6 Å². The zero-order valence-corrected chi connectivity index (χ0v) is 14.8. The molecular formula is C19H26N4O. The molecule has 5 heteroatoms. The van der Waals surface area contributed by atoms with Gasteiger partial charge in [-0.05, 0) is 49.3 Å². The Balaban J connectivity index is 1.86. The third-order valence-corrected chi connectivity index (χ3v) is 4.60. The molecule has 1 saturated heterocycles. The maximum Gasteiger partial charge on any atom is 0.272 e. The minimum absolute atomic E-state index is 0.0774. The lowest BCUT2D eigenvalue weighted by atomic mass is 9.96. The van der Waals surface area contributed by atoms with Crippen LogP contribution in [0.25, 0.3) is 0 Å². The molecule has 1 fully saturated rings. The molecule has 1 aliphatic rings. The zero-order valence-electron chi connectivity index (χ0n) is 14.8. The van der Waals surface area contributed by atoms with Crippen molar-refractivity contribution in [3.8, 4) is 0 Å². The van der Waals surface area contributed by atoms with Crippen molar-refractivity contribution >= 4 is 5.91 Å². The molecule has 0 aliphatic carbocycles. The van der Waals surface area contributed by atoms with E-state index in [1.807, 2.05) is 30.3 Å². The first-order valence-corrected chi connectivity index (χ1v) is 8.80. The van der Waals surface area contributed by atoms with E-state index in [4.69, 9.17) is 0 Å². The predicted octanol–water partition coefficient (Wildman–Crippen LogP) is 3.38. The molecule has 3 heterocycles. The number of pyridine rings is 1. The summed E-state index contributed by atoms with van der Waals surface area (Å²) in [5, 5.41) is 4.52. The van der Waals surface area contributed by atoms with Gasteiger partial charge in [0.05, 0.1) is 11.7 Å². The topological polar surface area (TPSA) is 51.0 Å². The summed E-state index contributed by atoms with van der Waals surface area (Å²) in [6.07, 6.45) is 7.75. The van der Waals surface area contributed by atoms with E-state index in [0.29, 0.717) is 11.6 Å². The fourth-order valence-electron chi connectivity index (χ4n) is 3.49. The van der Waals surface area contributed by atoms with Gasteiger partial charge in [-0.25, -0.2) is 0 Å². The second-order valence-corrected chi connectivity index (χ2v) is 7.04. The van der Waals surface area contributed by atoms with E-state index < -0.39 is 0 Å². The number of aryl methyl sites for hydroxylation is 1. The molecule has 128 valence electrons. The first-order valence-electron chi connectivity index (χ1n) is 8.80. The van der Waals surface area contributed by atoms with Crippen LogP contribution in [0.15, 0.2) is 30.6 Å². The van der Waals surface area contributed by atoms with E-state index in [0.717, 1.165) is 43.5 Å². The molecule has 1 aliphatic heterocycles. The highest BCUT2D eigenvalue weighted by Crippen LogP contribution is 2.31. The number of aromatic nitrogens is 3. The second-order valence-electron chi connectivity index (χ2n) is 7.04. The summed E-state index contributed by atoms with van der Waals surface area (Å²) in [4.78, 5) is 19.4. The number of amides is 1. The minimum Gasteiger partial charge on any atom is -0.330 e. The predicted molar refractivity (Wildman–Crippen MR) is 93.6 cm³/mol. The largest absolute Gasteiger partial charge is 0.330 e. The van der Waals surface area contributed by atoms with Crippen molar-refractivity contribution in [3.63, 3.8) is 0 Å². The lowest BCUT2D eigenvalue weighted by Crippen LogP contribution is -2.39. The molecule has 0 aromatic carbocycles. The van der Waals surface area contributed by atoms with Gasteiger partial charge in [0.25, 0.3) is 5.91 Å². The van der Waals surface area contributed by atoms with Crippen molar-refractivity contribution in [2.75, 3.05) is 6.54 Å². The Morgan fingerprint density at radius 2 is 2.21 bits per heavy atom. The van der Waals surface area contributed by atoms with Gasteiger partial charge >= 0.3 is 0 Å². The summed E-state index contributed by atoms with van der Waals surface area (Å²) in [7, 11) is 1.86. The van der Waals surface area contributed by atoms with Crippen molar-refractivity contribution < 1.29 is 4.79 Å². The molecule has 2 aromatic heterocycles. The highest BCUT2D eigenvalue weighted by atomic mass is 16.2. The van der Waals surface area contributed by atoms with Crippen LogP contribution >= 0.6 is 0 Å². The Morgan fingerprint density at radius 1 is 1.38 bits per heavy atom. The van der Waals surface area contributed by atoms with Gasteiger partial charge in [0, 0.05) is 26.0 Å². The second kappa shape index (κ2) is 7.16. The van der Waals surface area contributed by atoms with E-state index >= 15 is 0 Å². The van der Waals surface area contributed by atoms with Crippen molar-refractivity contribution in [3.05, 3.63) is 47.5 Å². The first-order chi connectivity index (χ1) is 11.6. The number of likely N-dealkylation sites (tertiary alicyclic amines) is 1. The normalized spacial score (nSPS) is 18.2. The first kappa shape index (κ1) is 16.7. The number of hydrogen-bond acceptors (Lipinski definition) is 3. The number of hydrogen-bond donors (Lipinski definition) is 0. The van der Waals surface area contributed by atoms with Gasteiger partial charge < -0.3 is 4.90 Å². The minimum atomic E-state index is 0.0774. The SMILES string of the molecule is CC(C)Cc1cc(C(=O)N2CCCCC2c2cccnc2)n(C)n1. The Bertz CT molecular complexity index is 693. The average Bonchev–Trinajstić information content (AvgIpc) is 2.94. The summed E-state index contributed by atoms with van der Waals surface area (Å²) < 4.78 is 1.73. The Labute approximate surface area is 143 Å². The molecule has 1 amide bonds. The molecule has 1 atom stereocenters. The molecule has 0 saturated carbocycles. The fraction of sp³-hybridized carbons (Fsp3) is 0.526. The summed E-state index contributed by atoms with van der Waals surface area (Å²) in [6, 6.07) is 6.08. The average molecular weight is 326 g/mol. The zero-order chi connectivity index (χ0) is 17.1. The highest BCUT2D eigenvalue weighted by molar-refractivity contribution is 5.93. The van der Waals surface area contributed by atoms with Gasteiger partial charge in [0.1, 0.15) is 5.69 Å². The number of piperidine rings is 1. The maximum atomic E-state index is 13.1. The lowest BCUT2D eigenvalue weighted by Gasteiger charge is -2.35. The number of nitrogens with zero attached hydrogens (tertiary/aromatic N) is 4. The van der Waals surface area contributed by atoms with Crippen LogP contribution in [0.5, 0.6) is 0 Å². The highest BCUT2D eigenvalue weighted by Gasteiger charge is 2.30. The summed E-state index contributed by atoms with van der Waals surface area (Å²) in [5.74, 6) is 0.606. The van der Waals surface area contributed by atoms with E-state index in [1.165, 1.54) is 0 Å². The third-order valence-electron chi connectivity index (χ3n) is 4.60. The molecule has 0 spiro atoms. The molecular weight excluding hydrogens is 300 g/mol. The van der Waals surface area contributed by atoms with Gasteiger partial charge in [0.2, 0.25) is 0 Å².